The van der Waals surface area contributed by atoms with Crippen LogP contribution in [0.3, 0.4) is 0 Å². The van der Waals surface area contributed by atoms with Crippen LogP contribution in [0.5, 0.6) is 0 Å². The summed E-state index contributed by atoms with van der Waals surface area (Å²) in [6.07, 6.45) is 5.54. The molecule has 34 heavy (non-hydrogen) atoms. The Morgan fingerprint density at radius 3 is 2.85 bits per heavy atom. The van der Waals surface area contributed by atoms with Gasteiger partial charge in [-0.05, 0) is 64.3 Å². The molecule has 4 heterocycles. The molecule has 0 saturated carbocycles. The third-order valence-corrected chi connectivity index (χ3v) is 7.27. The van der Waals surface area contributed by atoms with Gasteiger partial charge in [0.05, 0.1) is 30.7 Å². The first kappa shape index (κ1) is 22.8. The third kappa shape index (κ3) is 4.65. The fourth-order valence-electron chi connectivity index (χ4n) is 5.75. The number of piperidine rings is 1. The number of ether oxygens (including phenoxy) is 1. The minimum absolute atomic E-state index is 0.0809. The molecule has 2 aromatic rings. The molecule has 0 radical (unpaired) electrons. The molecule has 0 spiro atoms. The number of anilines is 4. The van der Waals surface area contributed by atoms with E-state index in [0.717, 1.165) is 38.2 Å². The zero-order valence-electron chi connectivity index (χ0n) is 19.9. The highest BCUT2D eigenvalue weighted by Gasteiger charge is 2.43. The first-order valence-electron chi connectivity index (χ1n) is 12.1. The number of nitriles is 1. The quantitative estimate of drug-likeness (QED) is 0.688. The second kappa shape index (κ2) is 9.35. The predicted molar refractivity (Wildman–Crippen MR) is 130 cm³/mol. The highest BCUT2D eigenvalue weighted by atomic mass is 19.1. The average Bonchev–Trinajstić information content (AvgIpc) is 3.31. The van der Waals surface area contributed by atoms with Crippen molar-refractivity contribution in [1.82, 2.24) is 14.9 Å². The lowest BCUT2D eigenvalue weighted by molar-refractivity contribution is 0.0500. The van der Waals surface area contributed by atoms with Crippen LogP contribution in [0, 0.1) is 17.1 Å². The lowest BCUT2D eigenvalue weighted by atomic mass is 9.84. The molecule has 1 aromatic heterocycles. The Kier molecular flexibility index (Phi) is 6.28. The summed E-state index contributed by atoms with van der Waals surface area (Å²) in [5.74, 6) is 0.0530. The van der Waals surface area contributed by atoms with Crippen molar-refractivity contribution >= 4 is 23.1 Å². The Morgan fingerprint density at radius 1 is 1.24 bits per heavy atom. The number of nitrogens with zero attached hydrogens (tertiary/aromatic N) is 5. The maximum atomic E-state index is 14.6. The molecule has 2 N–H and O–H groups in total. The van der Waals surface area contributed by atoms with Gasteiger partial charge in [-0.1, -0.05) is 0 Å². The summed E-state index contributed by atoms with van der Waals surface area (Å²) in [5.41, 5.74) is 2.22. The van der Waals surface area contributed by atoms with E-state index in [4.69, 9.17) is 4.74 Å². The minimum Gasteiger partial charge on any atom is -0.378 e. The molecular weight excluding hydrogens is 433 g/mol. The Labute approximate surface area is 200 Å². The van der Waals surface area contributed by atoms with Gasteiger partial charge in [0.25, 0.3) is 0 Å². The zero-order valence-corrected chi connectivity index (χ0v) is 19.9. The van der Waals surface area contributed by atoms with Crippen LogP contribution in [0.25, 0.3) is 0 Å². The summed E-state index contributed by atoms with van der Waals surface area (Å²) in [5, 5.41) is 16.2. The van der Waals surface area contributed by atoms with Crippen molar-refractivity contribution in [2.45, 2.75) is 57.2 Å². The van der Waals surface area contributed by atoms with E-state index in [9.17, 15) is 9.65 Å². The smallest absolute Gasteiger partial charge is 0.229 e. The van der Waals surface area contributed by atoms with E-state index < -0.39 is 5.82 Å². The van der Waals surface area contributed by atoms with Crippen LogP contribution in [-0.2, 0) is 4.74 Å². The topological polar surface area (TPSA) is 89.3 Å². The van der Waals surface area contributed by atoms with Crippen molar-refractivity contribution in [1.29, 1.82) is 5.26 Å². The number of benzene rings is 1. The fourth-order valence-corrected chi connectivity index (χ4v) is 5.75. The number of nitrogens with one attached hydrogen (secondary N) is 2. The second-order valence-electron chi connectivity index (χ2n) is 10.0. The van der Waals surface area contributed by atoms with Gasteiger partial charge in [0.15, 0.2) is 11.6 Å². The zero-order chi connectivity index (χ0) is 23.7. The van der Waals surface area contributed by atoms with Crippen LogP contribution >= 0.6 is 0 Å². The number of aromatic nitrogens is 2. The van der Waals surface area contributed by atoms with E-state index in [0.29, 0.717) is 36.5 Å². The van der Waals surface area contributed by atoms with Crippen LogP contribution in [0.2, 0.25) is 0 Å². The molecule has 1 aromatic carbocycles. The Hall–Kier alpha value is -2.96. The number of rotatable bonds is 5. The van der Waals surface area contributed by atoms with E-state index in [1.165, 1.54) is 19.0 Å². The van der Waals surface area contributed by atoms with Gasteiger partial charge in [-0.3, -0.25) is 4.90 Å². The minimum atomic E-state index is -0.461. The average molecular weight is 466 g/mol. The first-order chi connectivity index (χ1) is 16.4. The van der Waals surface area contributed by atoms with Crippen molar-refractivity contribution < 1.29 is 9.13 Å². The van der Waals surface area contributed by atoms with Crippen LogP contribution in [0.4, 0.5) is 27.5 Å². The van der Waals surface area contributed by atoms with E-state index in [1.54, 1.807) is 6.07 Å². The normalized spacial score (nSPS) is 24.4. The van der Waals surface area contributed by atoms with Crippen molar-refractivity contribution in [3.63, 3.8) is 0 Å². The first-order valence-corrected chi connectivity index (χ1v) is 12.1. The molecule has 3 aliphatic rings. The SMILES string of the molecule is CC1(C)C[C@H](Nc2nc(Nc3ccc(N4CCOCC4)c(C#N)c3)ncc2F)C[C@@H]2CCCN21. The third-order valence-electron chi connectivity index (χ3n) is 7.27. The van der Waals surface area contributed by atoms with Crippen LogP contribution < -0.4 is 15.5 Å². The molecule has 3 aliphatic heterocycles. The monoisotopic (exact) mass is 465 g/mol. The van der Waals surface area contributed by atoms with Crippen molar-refractivity contribution in [2.24, 2.45) is 0 Å². The van der Waals surface area contributed by atoms with Crippen molar-refractivity contribution in [3.05, 3.63) is 35.8 Å². The maximum Gasteiger partial charge on any atom is 0.229 e. The molecule has 9 heteroatoms. The highest BCUT2D eigenvalue weighted by molar-refractivity contribution is 5.68. The van der Waals surface area contributed by atoms with Crippen molar-refractivity contribution in [3.8, 4) is 6.07 Å². The Morgan fingerprint density at radius 2 is 2.06 bits per heavy atom. The number of fused-ring (bicyclic) bond motifs is 1. The summed E-state index contributed by atoms with van der Waals surface area (Å²) in [4.78, 5) is 13.3. The molecule has 3 saturated heterocycles. The summed E-state index contributed by atoms with van der Waals surface area (Å²) < 4.78 is 20.0. The standard InChI is InChI=1S/C25H32FN7O/c1-25(2)14-19(13-20-4-3-7-33(20)25)29-23-21(26)16-28-24(31-23)30-18-5-6-22(17(12-18)15-27)32-8-10-34-11-9-32/h5-6,12,16,19-20H,3-4,7-11,13-14H2,1-2H3,(H2,28,29,30,31)/t19-,20+/m1/s1. The summed E-state index contributed by atoms with van der Waals surface area (Å²) in [6.45, 7) is 8.52. The van der Waals surface area contributed by atoms with Crippen LogP contribution in [-0.4, -0.2) is 65.3 Å². The lowest BCUT2D eigenvalue weighted by Crippen LogP contribution is -2.55. The van der Waals surface area contributed by atoms with Crippen molar-refractivity contribution in [2.75, 3.05) is 48.4 Å². The van der Waals surface area contributed by atoms with E-state index in [1.807, 2.05) is 12.1 Å². The molecule has 0 aliphatic carbocycles. The maximum absolute atomic E-state index is 14.6. The molecular formula is C25H32FN7O. The van der Waals surface area contributed by atoms with E-state index in [-0.39, 0.29) is 17.4 Å². The van der Waals surface area contributed by atoms with Gasteiger partial charge in [0.2, 0.25) is 5.95 Å². The van der Waals surface area contributed by atoms with Gasteiger partial charge in [-0.2, -0.15) is 10.2 Å². The predicted octanol–water partition coefficient (Wildman–Crippen LogP) is 3.88. The number of hydrogen-bond donors (Lipinski definition) is 2. The number of hydrogen-bond acceptors (Lipinski definition) is 8. The number of morpholine rings is 1. The van der Waals surface area contributed by atoms with E-state index in [2.05, 4.69) is 50.3 Å². The fraction of sp³-hybridized carbons (Fsp3) is 0.560. The van der Waals surface area contributed by atoms with Gasteiger partial charge in [0.1, 0.15) is 6.07 Å². The molecule has 0 bridgehead atoms. The molecule has 8 nitrogen and oxygen atoms in total. The molecule has 0 amide bonds. The Balaban J connectivity index is 1.31. The molecule has 0 unspecified atom stereocenters. The Bertz CT molecular complexity index is 1080. The van der Waals surface area contributed by atoms with Gasteiger partial charge >= 0.3 is 0 Å². The summed E-state index contributed by atoms with van der Waals surface area (Å²) in [7, 11) is 0. The highest BCUT2D eigenvalue weighted by Crippen LogP contribution is 2.38. The molecule has 5 rings (SSSR count). The van der Waals surface area contributed by atoms with Crippen LogP contribution in [0.15, 0.2) is 24.4 Å². The largest absolute Gasteiger partial charge is 0.378 e. The van der Waals surface area contributed by atoms with Gasteiger partial charge in [0, 0.05) is 36.4 Å². The molecule has 2 atom stereocenters. The van der Waals surface area contributed by atoms with Gasteiger partial charge < -0.3 is 20.3 Å². The van der Waals surface area contributed by atoms with Gasteiger partial charge in [-0.15, -0.1) is 0 Å². The summed E-state index contributed by atoms with van der Waals surface area (Å²) >= 11 is 0. The second-order valence-corrected chi connectivity index (χ2v) is 10.0. The van der Waals surface area contributed by atoms with Crippen LogP contribution in [0.1, 0.15) is 45.1 Å². The lowest BCUT2D eigenvalue weighted by Gasteiger charge is -2.47. The van der Waals surface area contributed by atoms with E-state index >= 15 is 0 Å². The molecule has 180 valence electrons. The summed E-state index contributed by atoms with van der Waals surface area (Å²) in [6, 6.07) is 8.57. The van der Waals surface area contributed by atoms with Gasteiger partial charge in [-0.25, -0.2) is 9.37 Å². The number of halogens is 1. The molecule has 3 fully saturated rings.